The van der Waals surface area contributed by atoms with Crippen molar-refractivity contribution in [2.45, 2.75) is 53.2 Å². The molecule has 0 unspecified atom stereocenters. The molecule has 0 saturated carbocycles. The summed E-state index contributed by atoms with van der Waals surface area (Å²) in [6.07, 6.45) is 0. The van der Waals surface area contributed by atoms with Gasteiger partial charge in [-0.15, -0.1) is 0 Å². The lowest BCUT2D eigenvalue weighted by Crippen LogP contribution is -2.29. The van der Waals surface area contributed by atoms with Gasteiger partial charge in [0.05, 0.1) is 24.1 Å². The van der Waals surface area contributed by atoms with Crippen LogP contribution in [0.1, 0.15) is 59.1 Å². The highest BCUT2D eigenvalue weighted by atomic mass is 79.9. The van der Waals surface area contributed by atoms with Crippen LogP contribution in [0.25, 0.3) is 5.69 Å². The van der Waals surface area contributed by atoms with E-state index in [1.165, 1.54) is 31.4 Å². The lowest BCUT2D eigenvalue weighted by atomic mass is 9.92. The molecule has 0 aliphatic rings. The first-order valence-electron chi connectivity index (χ1n) is 14.9. The van der Waals surface area contributed by atoms with Crippen LogP contribution in [0.2, 0.25) is 0 Å². The van der Waals surface area contributed by atoms with Gasteiger partial charge in [0, 0.05) is 23.7 Å². The number of nitrogens with two attached hydrogens (primary N) is 1. The van der Waals surface area contributed by atoms with E-state index < -0.39 is 23.7 Å². The maximum atomic E-state index is 14.3. The van der Waals surface area contributed by atoms with E-state index in [-0.39, 0.29) is 34.5 Å². The number of hydrogen-bond donors (Lipinski definition) is 4. The predicted octanol–water partition coefficient (Wildman–Crippen LogP) is 6.71. The molecule has 0 atom stereocenters. The van der Waals surface area contributed by atoms with Crippen LogP contribution in [-0.4, -0.2) is 34.8 Å². The Morgan fingerprint density at radius 2 is 1.67 bits per heavy atom. The number of ether oxygens (including phenoxy) is 2. The number of aromatic nitrogens is 2. The molecule has 0 aliphatic carbocycles. The second kappa shape index (κ2) is 15.2. The van der Waals surface area contributed by atoms with E-state index in [2.05, 4.69) is 31.9 Å². The van der Waals surface area contributed by atoms with Crippen molar-refractivity contribution in [3.05, 3.63) is 116 Å². The Morgan fingerprint density at radius 1 is 0.958 bits per heavy atom. The summed E-state index contributed by atoms with van der Waals surface area (Å²) in [5.41, 5.74) is 10.8. The number of nitrogens with zero attached hydrogens (tertiary/aromatic N) is 2. The Labute approximate surface area is 286 Å². The number of urea groups is 1. The van der Waals surface area contributed by atoms with Crippen molar-refractivity contribution in [1.29, 1.82) is 0 Å². The number of carbonyl (C=O) groups is 3. The Hall–Kier alpha value is -5.17. The summed E-state index contributed by atoms with van der Waals surface area (Å²) in [7, 11) is 1.27. The summed E-state index contributed by atoms with van der Waals surface area (Å²) >= 11 is 3.17. The van der Waals surface area contributed by atoms with Crippen molar-refractivity contribution in [2.75, 3.05) is 17.7 Å². The van der Waals surface area contributed by atoms with Gasteiger partial charge in [-0.25, -0.2) is 18.7 Å². The second-order valence-corrected chi connectivity index (χ2v) is 12.9. The molecular weight excluding hydrogens is 683 g/mol. The molecule has 1 heterocycles. The van der Waals surface area contributed by atoms with E-state index in [4.69, 9.17) is 20.3 Å². The molecule has 13 heteroatoms. The number of methoxy groups -OCH3 is 1. The third-order valence-corrected chi connectivity index (χ3v) is 8.06. The Balaban J connectivity index is 1.44. The summed E-state index contributed by atoms with van der Waals surface area (Å²) in [6, 6.07) is 17.9. The topological polar surface area (TPSA) is 150 Å². The Morgan fingerprint density at radius 3 is 2.33 bits per heavy atom. The van der Waals surface area contributed by atoms with Crippen molar-refractivity contribution >= 4 is 45.3 Å². The largest absolute Gasteiger partial charge is 0.474 e. The van der Waals surface area contributed by atoms with E-state index in [0.717, 1.165) is 16.9 Å². The normalized spacial score (nSPS) is 11.8. The molecule has 11 nitrogen and oxygen atoms in total. The molecule has 252 valence electrons. The molecule has 5 N–H and O–H groups in total. The average molecular weight is 722 g/mol. The average Bonchev–Trinajstić information content (AvgIpc) is 3.48. The highest BCUT2D eigenvalue weighted by molar-refractivity contribution is 9.12. The van der Waals surface area contributed by atoms with Crippen molar-refractivity contribution in [3.8, 4) is 5.69 Å². The summed E-state index contributed by atoms with van der Waals surface area (Å²) in [5, 5.41) is 13.0. The van der Waals surface area contributed by atoms with Crippen molar-refractivity contribution in [2.24, 2.45) is 5.73 Å². The molecule has 1 aromatic heterocycles. The number of benzene rings is 3. The first-order valence-corrected chi connectivity index (χ1v) is 15.7. The molecule has 3 aromatic carbocycles. The maximum Gasteiger partial charge on any atom is 0.337 e. The lowest BCUT2D eigenvalue weighted by molar-refractivity contribution is -0.112. The highest BCUT2D eigenvalue weighted by Crippen LogP contribution is 2.27. The third-order valence-electron chi connectivity index (χ3n) is 7.31. The number of amides is 3. The number of halogens is 2. The van der Waals surface area contributed by atoms with Gasteiger partial charge in [-0.05, 0) is 82.9 Å². The minimum Gasteiger partial charge on any atom is -0.474 e. The number of aryl methyl sites for hydroxylation is 2. The monoisotopic (exact) mass is 720 g/mol. The summed E-state index contributed by atoms with van der Waals surface area (Å²) < 4.78 is 26.3. The fraction of sp³-hybridized carbons (Fsp3) is 0.257. The summed E-state index contributed by atoms with van der Waals surface area (Å²) in [6.45, 7) is 9.69. The van der Waals surface area contributed by atoms with E-state index in [1.54, 1.807) is 23.7 Å². The van der Waals surface area contributed by atoms with E-state index in [1.807, 2.05) is 58.0 Å². The van der Waals surface area contributed by atoms with Crippen LogP contribution in [0, 0.1) is 19.7 Å². The van der Waals surface area contributed by atoms with Gasteiger partial charge in [-0.2, -0.15) is 5.10 Å². The molecule has 48 heavy (non-hydrogen) atoms. The van der Waals surface area contributed by atoms with Gasteiger partial charge < -0.3 is 25.8 Å². The SMILES string of the molecule is COC(=O)c1ccc(C)c(NC(=O)/C(Br)=C(\N)OCc2ccc(F)cc2CNC(=O)Nc2cc(C(C)(C)C)nn2-c2ccc(C)cc2)c1. The molecule has 0 fully saturated rings. The Bertz CT molecular complexity index is 1860. The molecule has 0 radical (unpaired) electrons. The zero-order valence-corrected chi connectivity index (χ0v) is 29.1. The number of esters is 1. The molecule has 0 spiro atoms. The van der Waals surface area contributed by atoms with Gasteiger partial charge in [0.2, 0.25) is 5.88 Å². The van der Waals surface area contributed by atoms with Crippen molar-refractivity contribution < 1.29 is 28.2 Å². The molecule has 4 aromatic rings. The smallest absolute Gasteiger partial charge is 0.337 e. The van der Waals surface area contributed by atoms with Crippen LogP contribution < -0.4 is 21.7 Å². The van der Waals surface area contributed by atoms with Gasteiger partial charge in [0.25, 0.3) is 5.91 Å². The van der Waals surface area contributed by atoms with Crippen LogP contribution in [0.4, 0.5) is 20.7 Å². The molecule has 4 rings (SSSR count). The van der Waals surface area contributed by atoms with Gasteiger partial charge in [-0.1, -0.05) is 50.6 Å². The lowest BCUT2D eigenvalue weighted by Gasteiger charge is -2.15. The maximum absolute atomic E-state index is 14.3. The molecule has 0 saturated heterocycles. The fourth-order valence-corrected chi connectivity index (χ4v) is 4.68. The third kappa shape index (κ3) is 9.00. The number of carbonyl (C=O) groups excluding carboxylic acids is 3. The zero-order valence-electron chi connectivity index (χ0n) is 27.5. The van der Waals surface area contributed by atoms with Crippen LogP contribution in [0.15, 0.2) is 77.1 Å². The summed E-state index contributed by atoms with van der Waals surface area (Å²) in [4.78, 5) is 37.9. The summed E-state index contributed by atoms with van der Waals surface area (Å²) in [5.74, 6) is -1.42. The van der Waals surface area contributed by atoms with Gasteiger partial charge in [0.1, 0.15) is 22.7 Å². The first kappa shape index (κ1) is 35.7. The van der Waals surface area contributed by atoms with Gasteiger partial charge in [-0.3, -0.25) is 10.1 Å². The molecular formula is C35H38BrFN6O5. The highest BCUT2D eigenvalue weighted by Gasteiger charge is 2.22. The molecule has 0 aliphatic heterocycles. The number of anilines is 2. The fourth-order valence-electron chi connectivity index (χ4n) is 4.46. The van der Waals surface area contributed by atoms with Crippen LogP contribution in [-0.2, 0) is 32.8 Å². The minimum absolute atomic E-state index is 0.0336. The Kier molecular flexibility index (Phi) is 11.3. The number of nitrogens with one attached hydrogen (secondary N) is 3. The predicted molar refractivity (Wildman–Crippen MR) is 185 cm³/mol. The van der Waals surface area contributed by atoms with E-state index in [9.17, 15) is 18.8 Å². The minimum atomic E-state index is -0.616. The quantitative estimate of drug-likeness (QED) is 0.0808. The second-order valence-electron chi connectivity index (χ2n) is 12.1. The van der Waals surface area contributed by atoms with Gasteiger partial charge >= 0.3 is 12.0 Å². The molecule has 0 bridgehead atoms. The molecule has 3 amide bonds. The van der Waals surface area contributed by atoms with Crippen LogP contribution >= 0.6 is 15.9 Å². The number of hydrogen-bond acceptors (Lipinski definition) is 7. The van der Waals surface area contributed by atoms with Crippen LogP contribution in [0.3, 0.4) is 0 Å². The standard InChI is InChI=1S/C35H38BrFN6O5/c1-20-7-13-26(14-8-20)43-29(17-28(42-43)35(3,4)5)41-34(46)39-18-24-15-25(37)12-11-23(24)19-48-31(38)30(36)32(44)40-27-16-22(33(45)47-6)10-9-21(27)2/h7-17H,18-19,38H2,1-6H3,(H,40,44)(H2,39,41,46)/b31-30-. The van der Waals surface area contributed by atoms with Gasteiger partial charge in [0.15, 0.2) is 0 Å². The van der Waals surface area contributed by atoms with E-state index in [0.29, 0.717) is 28.2 Å². The van der Waals surface area contributed by atoms with Crippen LogP contribution in [0.5, 0.6) is 0 Å². The van der Waals surface area contributed by atoms with Crippen molar-refractivity contribution in [1.82, 2.24) is 15.1 Å². The first-order chi connectivity index (χ1) is 22.7. The number of rotatable bonds is 10. The van der Waals surface area contributed by atoms with E-state index >= 15 is 0 Å². The zero-order chi connectivity index (χ0) is 35.2. The van der Waals surface area contributed by atoms with Crippen molar-refractivity contribution in [3.63, 3.8) is 0 Å².